The number of ether oxygens (including phenoxy) is 3. The molecule has 2 N–H and O–H groups in total. The van der Waals surface area contributed by atoms with Crippen molar-refractivity contribution >= 4 is 6.21 Å². The molecule has 0 aliphatic heterocycles. The number of benzene rings is 2. The standard InChI is InChI=1S/C22H23N3O6/c1-29-17-9-15(10-18(30-2)19(17)31-3)11-23-12-16-20(26)24-22(28)25(21(16)27)13-14-7-5-4-6-8-14/h4-10,12,27H,11,13H2,1-3H3,(H,24,26,28). The highest BCUT2D eigenvalue weighted by Crippen LogP contribution is 2.38. The molecule has 162 valence electrons. The van der Waals surface area contributed by atoms with Crippen LogP contribution >= 0.6 is 0 Å². The Kier molecular flexibility index (Phi) is 6.76. The Morgan fingerprint density at radius 3 is 2.23 bits per heavy atom. The third-order valence-electron chi connectivity index (χ3n) is 4.61. The number of aromatic hydroxyl groups is 1. The molecule has 0 aliphatic carbocycles. The number of aromatic nitrogens is 2. The van der Waals surface area contributed by atoms with Crippen LogP contribution in [0.3, 0.4) is 0 Å². The van der Waals surface area contributed by atoms with E-state index in [0.29, 0.717) is 17.2 Å². The van der Waals surface area contributed by atoms with Crippen LogP contribution in [-0.4, -0.2) is 42.2 Å². The third-order valence-corrected chi connectivity index (χ3v) is 4.61. The zero-order valence-electron chi connectivity index (χ0n) is 17.4. The topological polar surface area (TPSA) is 115 Å². The molecule has 0 saturated carbocycles. The number of rotatable bonds is 8. The van der Waals surface area contributed by atoms with Gasteiger partial charge in [0.2, 0.25) is 11.6 Å². The van der Waals surface area contributed by atoms with Crippen molar-refractivity contribution in [2.45, 2.75) is 13.1 Å². The summed E-state index contributed by atoms with van der Waals surface area (Å²) < 4.78 is 17.0. The summed E-state index contributed by atoms with van der Waals surface area (Å²) in [5.74, 6) is 0.958. The number of methoxy groups -OCH3 is 3. The second-order valence-corrected chi connectivity index (χ2v) is 6.57. The average Bonchev–Trinajstić information content (AvgIpc) is 2.78. The molecule has 0 unspecified atom stereocenters. The molecule has 0 fully saturated rings. The van der Waals surface area contributed by atoms with Crippen LogP contribution in [-0.2, 0) is 13.1 Å². The van der Waals surface area contributed by atoms with Crippen LogP contribution in [0.15, 0.2) is 57.0 Å². The van der Waals surface area contributed by atoms with Gasteiger partial charge in [-0.3, -0.25) is 19.3 Å². The first-order chi connectivity index (χ1) is 15.0. The second-order valence-electron chi connectivity index (χ2n) is 6.57. The molecule has 0 amide bonds. The molecule has 3 rings (SSSR count). The molecular formula is C22H23N3O6. The fourth-order valence-corrected chi connectivity index (χ4v) is 3.07. The predicted octanol–water partition coefficient (Wildman–Crippen LogP) is 1.94. The Morgan fingerprint density at radius 2 is 1.65 bits per heavy atom. The maximum absolute atomic E-state index is 12.2. The number of nitrogens with zero attached hydrogens (tertiary/aromatic N) is 2. The highest BCUT2D eigenvalue weighted by Gasteiger charge is 2.14. The van der Waals surface area contributed by atoms with E-state index in [1.165, 1.54) is 27.5 Å². The van der Waals surface area contributed by atoms with E-state index < -0.39 is 17.1 Å². The predicted molar refractivity (Wildman–Crippen MR) is 116 cm³/mol. The lowest BCUT2D eigenvalue weighted by molar-refractivity contribution is 0.324. The molecule has 0 saturated heterocycles. The number of nitrogens with one attached hydrogen (secondary N) is 1. The third kappa shape index (κ3) is 4.77. The number of H-pyrrole nitrogens is 1. The quantitative estimate of drug-likeness (QED) is 0.533. The first kappa shape index (κ1) is 21.7. The van der Waals surface area contributed by atoms with Crippen LogP contribution in [0.5, 0.6) is 23.1 Å². The van der Waals surface area contributed by atoms with Crippen molar-refractivity contribution in [2.24, 2.45) is 4.99 Å². The molecule has 9 nitrogen and oxygen atoms in total. The number of aliphatic imine (C=N–C) groups is 1. The van der Waals surface area contributed by atoms with E-state index in [0.717, 1.165) is 15.7 Å². The van der Waals surface area contributed by atoms with Gasteiger partial charge in [-0.05, 0) is 23.3 Å². The van der Waals surface area contributed by atoms with Crippen molar-refractivity contribution in [3.05, 3.63) is 80.0 Å². The van der Waals surface area contributed by atoms with Crippen molar-refractivity contribution in [1.29, 1.82) is 0 Å². The number of hydrogen-bond acceptors (Lipinski definition) is 7. The Labute approximate surface area is 178 Å². The molecule has 0 aliphatic rings. The first-order valence-corrected chi connectivity index (χ1v) is 9.37. The van der Waals surface area contributed by atoms with Gasteiger partial charge in [-0.1, -0.05) is 30.3 Å². The normalized spacial score (nSPS) is 10.9. The molecule has 31 heavy (non-hydrogen) atoms. The highest BCUT2D eigenvalue weighted by atomic mass is 16.5. The van der Waals surface area contributed by atoms with Crippen molar-refractivity contribution in [1.82, 2.24) is 9.55 Å². The van der Waals surface area contributed by atoms with Crippen molar-refractivity contribution in [3.63, 3.8) is 0 Å². The van der Waals surface area contributed by atoms with E-state index in [1.807, 2.05) is 30.3 Å². The fraction of sp³-hybridized carbons (Fsp3) is 0.227. The van der Waals surface area contributed by atoms with Crippen LogP contribution in [0.25, 0.3) is 0 Å². The second kappa shape index (κ2) is 9.66. The molecular weight excluding hydrogens is 402 g/mol. The molecule has 2 aromatic carbocycles. The van der Waals surface area contributed by atoms with E-state index in [9.17, 15) is 14.7 Å². The lowest BCUT2D eigenvalue weighted by Crippen LogP contribution is -2.32. The van der Waals surface area contributed by atoms with Gasteiger partial charge in [0.05, 0.1) is 34.4 Å². The minimum atomic E-state index is -0.722. The van der Waals surface area contributed by atoms with E-state index in [2.05, 4.69) is 9.98 Å². The largest absolute Gasteiger partial charge is 0.494 e. The van der Waals surface area contributed by atoms with Gasteiger partial charge in [-0.25, -0.2) is 4.79 Å². The monoisotopic (exact) mass is 425 g/mol. The van der Waals surface area contributed by atoms with E-state index >= 15 is 0 Å². The average molecular weight is 425 g/mol. The fourth-order valence-electron chi connectivity index (χ4n) is 3.07. The van der Waals surface area contributed by atoms with Gasteiger partial charge in [0.25, 0.3) is 5.56 Å². The minimum Gasteiger partial charge on any atom is -0.494 e. The molecule has 1 heterocycles. The van der Waals surface area contributed by atoms with Gasteiger partial charge in [-0.2, -0.15) is 0 Å². The van der Waals surface area contributed by atoms with Crippen LogP contribution < -0.4 is 25.5 Å². The zero-order valence-corrected chi connectivity index (χ0v) is 17.4. The summed E-state index contributed by atoms with van der Waals surface area (Å²) in [5, 5.41) is 10.5. The van der Waals surface area contributed by atoms with E-state index in [-0.39, 0.29) is 18.7 Å². The first-order valence-electron chi connectivity index (χ1n) is 9.37. The zero-order chi connectivity index (χ0) is 22.4. The summed E-state index contributed by atoms with van der Waals surface area (Å²) in [6.07, 6.45) is 1.23. The Bertz CT molecular complexity index is 1170. The summed E-state index contributed by atoms with van der Waals surface area (Å²) in [5.41, 5.74) is 0.00286. The van der Waals surface area contributed by atoms with Crippen LogP contribution in [0.2, 0.25) is 0 Å². The summed E-state index contributed by atoms with van der Waals surface area (Å²) >= 11 is 0. The molecule has 0 radical (unpaired) electrons. The molecule has 1 aromatic heterocycles. The maximum Gasteiger partial charge on any atom is 0.331 e. The van der Waals surface area contributed by atoms with Crippen molar-refractivity contribution in [2.75, 3.05) is 21.3 Å². The van der Waals surface area contributed by atoms with Gasteiger partial charge in [0, 0.05) is 6.21 Å². The molecule has 0 bridgehead atoms. The smallest absolute Gasteiger partial charge is 0.331 e. The van der Waals surface area contributed by atoms with Crippen LogP contribution in [0.1, 0.15) is 16.7 Å². The summed E-state index contributed by atoms with van der Waals surface area (Å²) in [7, 11) is 4.54. The number of aromatic amines is 1. The van der Waals surface area contributed by atoms with Gasteiger partial charge in [0.15, 0.2) is 11.5 Å². The Hall–Kier alpha value is -4.01. The summed E-state index contributed by atoms with van der Waals surface area (Å²) in [4.78, 5) is 30.9. The summed E-state index contributed by atoms with van der Waals surface area (Å²) in [6, 6.07) is 12.6. The van der Waals surface area contributed by atoms with Gasteiger partial charge >= 0.3 is 5.69 Å². The molecule has 0 atom stereocenters. The molecule has 0 spiro atoms. The van der Waals surface area contributed by atoms with Crippen LogP contribution in [0.4, 0.5) is 0 Å². The lowest BCUT2D eigenvalue weighted by atomic mass is 10.2. The van der Waals surface area contributed by atoms with E-state index in [4.69, 9.17) is 14.2 Å². The maximum atomic E-state index is 12.2. The molecule has 9 heteroatoms. The van der Waals surface area contributed by atoms with E-state index in [1.54, 1.807) is 12.1 Å². The van der Waals surface area contributed by atoms with Crippen molar-refractivity contribution < 1.29 is 19.3 Å². The Morgan fingerprint density at radius 1 is 1.00 bits per heavy atom. The van der Waals surface area contributed by atoms with Gasteiger partial charge in [0.1, 0.15) is 5.56 Å². The Balaban J connectivity index is 1.90. The van der Waals surface area contributed by atoms with Gasteiger partial charge in [-0.15, -0.1) is 0 Å². The molecule has 3 aromatic rings. The number of hydrogen-bond donors (Lipinski definition) is 2. The minimum absolute atomic E-state index is 0.107. The van der Waals surface area contributed by atoms with Crippen LogP contribution in [0, 0.1) is 0 Å². The lowest BCUT2D eigenvalue weighted by Gasteiger charge is -2.13. The van der Waals surface area contributed by atoms with Gasteiger partial charge < -0.3 is 19.3 Å². The SMILES string of the molecule is COc1cc(CN=Cc2c(O)n(Cc3ccccc3)c(=O)[nH]c2=O)cc(OC)c1OC. The van der Waals surface area contributed by atoms with Crippen molar-refractivity contribution in [3.8, 4) is 23.1 Å². The highest BCUT2D eigenvalue weighted by molar-refractivity contribution is 5.81. The summed E-state index contributed by atoms with van der Waals surface area (Å²) in [6.45, 7) is 0.281.